The molecular formula is C20H27NO5S. The van der Waals surface area contributed by atoms with E-state index in [0.29, 0.717) is 13.0 Å². The van der Waals surface area contributed by atoms with E-state index in [1.54, 1.807) is 11.0 Å². The first-order valence-corrected chi connectivity index (χ1v) is 10.9. The lowest BCUT2D eigenvalue weighted by molar-refractivity contribution is -0.149. The van der Waals surface area contributed by atoms with Crippen LogP contribution in [0.2, 0.25) is 0 Å². The van der Waals surface area contributed by atoms with Gasteiger partial charge in [0.05, 0.1) is 11.5 Å². The smallest absolute Gasteiger partial charge is 0.331 e. The summed E-state index contributed by atoms with van der Waals surface area (Å²) in [5.41, 5.74) is 1.95. The van der Waals surface area contributed by atoms with E-state index in [2.05, 4.69) is 0 Å². The molecule has 0 spiro atoms. The molecule has 0 unspecified atom stereocenters. The minimum Gasteiger partial charge on any atom is -0.452 e. The molecule has 0 saturated carbocycles. The summed E-state index contributed by atoms with van der Waals surface area (Å²) >= 11 is 0. The van der Waals surface area contributed by atoms with Crippen LogP contribution in [0.3, 0.4) is 0 Å². The molecule has 0 bridgehead atoms. The summed E-state index contributed by atoms with van der Waals surface area (Å²) in [5.74, 6) is -0.698. The quantitative estimate of drug-likeness (QED) is 0.524. The van der Waals surface area contributed by atoms with Crippen LogP contribution in [0.15, 0.2) is 30.3 Å². The van der Waals surface area contributed by atoms with Crippen LogP contribution in [0.4, 0.5) is 0 Å². The maximum absolute atomic E-state index is 12.5. The molecule has 0 aromatic heterocycles. The standard InChI is InChI=1S/C20H27NO5S/c1-15(2)12-21(18-9-10-27(24,25)14-18)19(22)13-26-20(23)8-7-17-6-4-5-16(3)11-17/h4-8,11,15,18H,9-10,12-14H2,1-3H3/b8-7+/t18-/m0/s1. The van der Waals surface area contributed by atoms with Crippen molar-refractivity contribution in [3.05, 3.63) is 41.5 Å². The first-order chi connectivity index (χ1) is 12.7. The Morgan fingerprint density at radius 1 is 1.33 bits per heavy atom. The van der Waals surface area contributed by atoms with Gasteiger partial charge in [-0.1, -0.05) is 43.7 Å². The highest BCUT2D eigenvalue weighted by atomic mass is 32.2. The number of aryl methyl sites for hydroxylation is 1. The molecule has 1 saturated heterocycles. The van der Waals surface area contributed by atoms with E-state index in [1.165, 1.54) is 6.08 Å². The van der Waals surface area contributed by atoms with Crippen LogP contribution in [0.1, 0.15) is 31.4 Å². The molecule has 0 radical (unpaired) electrons. The molecule has 1 amide bonds. The van der Waals surface area contributed by atoms with Gasteiger partial charge in [0.1, 0.15) is 0 Å². The van der Waals surface area contributed by atoms with Crippen molar-refractivity contribution in [2.75, 3.05) is 24.7 Å². The first kappa shape index (κ1) is 21.2. The Morgan fingerprint density at radius 2 is 2.07 bits per heavy atom. The number of carbonyl (C=O) groups is 2. The number of amides is 1. The summed E-state index contributed by atoms with van der Waals surface area (Å²) < 4.78 is 28.5. The molecule has 2 rings (SSSR count). The topological polar surface area (TPSA) is 80.8 Å². The first-order valence-electron chi connectivity index (χ1n) is 9.07. The second kappa shape index (κ2) is 9.17. The van der Waals surface area contributed by atoms with Gasteiger partial charge in [-0.05, 0) is 30.9 Å². The maximum Gasteiger partial charge on any atom is 0.331 e. The average Bonchev–Trinajstić information content (AvgIpc) is 2.95. The van der Waals surface area contributed by atoms with Gasteiger partial charge in [-0.3, -0.25) is 4.79 Å². The Morgan fingerprint density at radius 3 is 2.67 bits per heavy atom. The van der Waals surface area contributed by atoms with E-state index in [-0.39, 0.29) is 36.0 Å². The van der Waals surface area contributed by atoms with E-state index in [9.17, 15) is 18.0 Å². The van der Waals surface area contributed by atoms with Crippen molar-refractivity contribution in [3.8, 4) is 0 Å². The molecule has 0 aliphatic carbocycles. The fraction of sp³-hybridized carbons (Fsp3) is 0.500. The Bertz CT molecular complexity index is 813. The second-order valence-corrected chi connectivity index (χ2v) is 9.58. The molecular weight excluding hydrogens is 366 g/mol. The summed E-state index contributed by atoms with van der Waals surface area (Å²) in [4.78, 5) is 26.0. The molecule has 7 heteroatoms. The molecule has 1 aromatic carbocycles. The van der Waals surface area contributed by atoms with Crippen molar-refractivity contribution >= 4 is 27.8 Å². The van der Waals surface area contributed by atoms with Crippen LogP contribution in [0.5, 0.6) is 0 Å². The monoisotopic (exact) mass is 393 g/mol. The Labute approximate surface area is 161 Å². The van der Waals surface area contributed by atoms with Crippen molar-refractivity contribution < 1.29 is 22.7 Å². The summed E-state index contributed by atoms with van der Waals surface area (Å²) in [6.07, 6.45) is 3.35. The summed E-state index contributed by atoms with van der Waals surface area (Å²) in [5, 5.41) is 0. The number of rotatable bonds is 7. The molecule has 1 fully saturated rings. The van der Waals surface area contributed by atoms with E-state index < -0.39 is 15.8 Å². The van der Waals surface area contributed by atoms with Gasteiger partial charge in [0, 0.05) is 18.7 Å². The molecule has 6 nitrogen and oxygen atoms in total. The number of benzene rings is 1. The van der Waals surface area contributed by atoms with Gasteiger partial charge in [0.2, 0.25) is 0 Å². The summed E-state index contributed by atoms with van der Waals surface area (Å²) in [7, 11) is -3.10. The zero-order chi connectivity index (χ0) is 20.0. The molecule has 1 atom stereocenters. The van der Waals surface area contributed by atoms with Gasteiger partial charge in [-0.15, -0.1) is 0 Å². The predicted molar refractivity (Wildman–Crippen MR) is 105 cm³/mol. The zero-order valence-corrected chi connectivity index (χ0v) is 16.9. The highest BCUT2D eigenvalue weighted by Crippen LogP contribution is 2.19. The lowest BCUT2D eigenvalue weighted by Crippen LogP contribution is -2.45. The molecule has 27 heavy (non-hydrogen) atoms. The normalized spacial score (nSPS) is 18.7. The van der Waals surface area contributed by atoms with Gasteiger partial charge in [0.15, 0.2) is 16.4 Å². The Kier molecular flexibility index (Phi) is 7.18. The predicted octanol–water partition coefficient (Wildman–Crippen LogP) is 2.22. The van der Waals surface area contributed by atoms with Gasteiger partial charge in [-0.25, -0.2) is 13.2 Å². The number of nitrogens with zero attached hydrogens (tertiary/aromatic N) is 1. The number of hydrogen-bond donors (Lipinski definition) is 0. The Balaban J connectivity index is 1.93. The number of esters is 1. The third kappa shape index (κ3) is 6.82. The molecule has 1 heterocycles. The van der Waals surface area contributed by atoms with Crippen LogP contribution >= 0.6 is 0 Å². The van der Waals surface area contributed by atoms with Crippen LogP contribution in [-0.2, 0) is 24.2 Å². The van der Waals surface area contributed by atoms with Gasteiger partial charge in [0.25, 0.3) is 5.91 Å². The molecule has 1 aromatic rings. The largest absolute Gasteiger partial charge is 0.452 e. The lowest BCUT2D eigenvalue weighted by atomic mass is 10.1. The second-order valence-electron chi connectivity index (χ2n) is 7.35. The van der Waals surface area contributed by atoms with Crippen molar-refractivity contribution in [1.82, 2.24) is 4.90 Å². The third-order valence-electron chi connectivity index (χ3n) is 4.32. The summed E-state index contributed by atoms with van der Waals surface area (Å²) in [6.45, 7) is 5.93. The number of hydrogen-bond acceptors (Lipinski definition) is 5. The number of carbonyl (C=O) groups excluding carboxylic acids is 2. The molecule has 0 N–H and O–H groups in total. The maximum atomic E-state index is 12.5. The SMILES string of the molecule is Cc1cccc(/C=C/C(=O)OCC(=O)N(CC(C)C)[C@H]2CCS(=O)(=O)C2)c1. The molecule has 1 aliphatic rings. The fourth-order valence-corrected chi connectivity index (χ4v) is 4.80. The van der Waals surface area contributed by atoms with E-state index in [0.717, 1.165) is 11.1 Å². The lowest BCUT2D eigenvalue weighted by Gasteiger charge is -2.29. The van der Waals surface area contributed by atoms with Crippen LogP contribution in [0, 0.1) is 12.8 Å². The minimum atomic E-state index is -3.10. The van der Waals surface area contributed by atoms with Crippen LogP contribution in [0.25, 0.3) is 6.08 Å². The molecule has 148 valence electrons. The minimum absolute atomic E-state index is 0.0212. The third-order valence-corrected chi connectivity index (χ3v) is 6.07. The summed E-state index contributed by atoms with van der Waals surface area (Å²) in [6, 6.07) is 7.31. The number of sulfone groups is 1. The van der Waals surface area contributed by atoms with E-state index in [1.807, 2.05) is 45.0 Å². The van der Waals surface area contributed by atoms with Gasteiger partial charge < -0.3 is 9.64 Å². The van der Waals surface area contributed by atoms with Gasteiger partial charge >= 0.3 is 5.97 Å². The van der Waals surface area contributed by atoms with Crippen molar-refractivity contribution in [1.29, 1.82) is 0 Å². The van der Waals surface area contributed by atoms with Crippen molar-refractivity contribution in [2.24, 2.45) is 5.92 Å². The Hall–Kier alpha value is -2.15. The van der Waals surface area contributed by atoms with Crippen molar-refractivity contribution in [2.45, 2.75) is 33.2 Å². The average molecular weight is 394 g/mol. The van der Waals surface area contributed by atoms with E-state index in [4.69, 9.17) is 4.74 Å². The highest BCUT2D eigenvalue weighted by molar-refractivity contribution is 7.91. The number of ether oxygens (including phenoxy) is 1. The van der Waals surface area contributed by atoms with Crippen LogP contribution < -0.4 is 0 Å². The van der Waals surface area contributed by atoms with Crippen LogP contribution in [-0.4, -0.2) is 55.9 Å². The fourth-order valence-electron chi connectivity index (χ4n) is 3.07. The van der Waals surface area contributed by atoms with Gasteiger partial charge in [-0.2, -0.15) is 0 Å². The van der Waals surface area contributed by atoms with Crippen molar-refractivity contribution in [3.63, 3.8) is 0 Å². The zero-order valence-electron chi connectivity index (χ0n) is 16.1. The van der Waals surface area contributed by atoms with E-state index >= 15 is 0 Å². The molecule has 1 aliphatic heterocycles. The highest BCUT2D eigenvalue weighted by Gasteiger charge is 2.35.